The second-order valence-electron chi connectivity index (χ2n) is 5.73. The molecule has 1 saturated carbocycles. The summed E-state index contributed by atoms with van der Waals surface area (Å²) in [6.45, 7) is 5.14. The minimum Gasteiger partial charge on any atom is -0.373 e. The van der Waals surface area contributed by atoms with Crippen LogP contribution in [0.3, 0.4) is 0 Å². The zero-order chi connectivity index (χ0) is 14.7. The van der Waals surface area contributed by atoms with Crippen LogP contribution >= 0.6 is 0 Å². The molecule has 1 aromatic heterocycles. The SMILES string of the molecule is CNc1cc(N(CC(N)=O)CC(C)C)nc(C2CC2)n1. The molecule has 6 nitrogen and oxygen atoms in total. The fourth-order valence-corrected chi connectivity index (χ4v) is 2.13. The molecule has 0 radical (unpaired) electrons. The van der Waals surface area contributed by atoms with Gasteiger partial charge in [-0.3, -0.25) is 4.79 Å². The van der Waals surface area contributed by atoms with Gasteiger partial charge in [0.15, 0.2) is 0 Å². The molecule has 1 aromatic rings. The fraction of sp³-hybridized carbons (Fsp3) is 0.643. The monoisotopic (exact) mass is 277 g/mol. The van der Waals surface area contributed by atoms with Crippen LogP contribution in [0, 0.1) is 5.92 Å². The van der Waals surface area contributed by atoms with Crippen molar-refractivity contribution in [3.8, 4) is 0 Å². The summed E-state index contributed by atoms with van der Waals surface area (Å²) in [6.07, 6.45) is 2.29. The van der Waals surface area contributed by atoms with Gasteiger partial charge in [-0.25, -0.2) is 9.97 Å². The summed E-state index contributed by atoms with van der Waals surface area (Å²) in [5, 5.41) is 3.06. The van der Waals surface area contributed by atoms with Gasteiger partial charge in [-0.1, -0.05) is 13.8 Å². The van der Waals surface area contributed by atoms with Crippen molar-refractivity contribution in [3.63, 3.8) is 0 Å². The number of rotatable bonds is 7. The summed E-state index contributed by atoms with van der Waals surface area (Å²) in [4.78, 5) is 22.3. The topological polar surface area (TPSA) is 84.1 Å². The molecule has 1 aliphatic rings. The fourth-order valence-electron chi connectivity index (χ4n) is 2.13. The molecule has 2 rings (SSSR count). The maximum atomic E-state index is 11.3. The Morgan fingerprint density at radius 2 is 2.20 bits per heavy atom. The number of carbonyl (C=O) groups is 1. The van der Waals surface area contributed by atoms with E-state index >= 15 is 0 Å². The summed E-state index contributed by atoms with van der Waals surface area (Å²) < 4.78 is 0. The first kappa shape index (κ1) is 14.6. The molecule has 3 N–H and O–H groups in total. The average Bonchev–Trinajstić information content (AvgIpc) is 3.20. The largest absolute Gasteiger partial charge is 0.373 e. The zero-order valence-electron chi connectivity index (χ0n) is 12.4. The Hall–Kier alpha value is -1.85. The highest BCUT2D eigenvalue weighted by atomic mass is 16.1. The summed E-state index contributed by atoms with van der Waals surface area (Å²) in [5.41, 5.74) is 5.35. The molecule has 0 spiro atoms. The van der Waals surface area contributed by atoms with Crippen molar-refractivity contribution in [1.29, 1.82) is 0 Å². The molecule has 0 aliphatic heterocycles. The Bertz CT molecular complexity index is 484. The van der Waals surface area contributed by atoms with Crippen molar-refractivity contribution < 1.29 is 4.79 Å². The third kappa shape index (κ3) is 3.82. The van der Waals surface area contributed by atoms with E-state index in [0.717, 1.165) is 36.8 Å². The molecule has 1 heterocycles. The van der Waals surface area contributed by atoms with Crippen LogP contribution in [-0.4, -0.2) is 36.0 Å². The van der Waals surface area contributed by atoms with Crippen molar-refractivity contribution in [1.82, 2.24) is 9.97 Å². The lowest BCUT2D eigenvalue weighted by molar-refractivity contribution is -0.116. The summed E-state index contributed by atoms with van der Waals surface area (Å²) in [7, 11) is 1.84. The predicted octanol–water partition coefficient (Wildman–Crippen LogP) is 1.34. The smallest absolute Gasteiger partial charge is 0.236 e. The minimum atomic E-state index is -0.344. The van der Waals surface area contributed by atoms with Crippen LogP contribution in [0.25, 0.3) is 0 Å². The van der Waals surface area contributed by atoms with E-state index in [1.807, 2.05) is 18.0 Å². The number of aromatic nitrogens is 2. The van der Waals surface area contributed by atoms with Gasteiger partial charge in [-0.2, -0.15) is 0 Å². The number of anilines is 2. The predicted molar refractivity (Wildman–Crippen MR) is 79.8 cm³/mol. The van der Waals surface area contributed by atoms with E-state index in [0.29, 0.717) is 11.8 Å². The molecule has 1 aliphatic carbocycles. The van der Waals surface area contributed by atoms with Crippen molar-refractivity contribution in [3.05, 3.63) is 11.9 Å². The second kappa shape index (κ2) is 6.07. The van der Waals surface area contributed by atoms with Gasteiger partial charge in [-0.15, -0.1) is 0 Å². The number of nitrogens with one attached hydrogen (secondary N) is 1. The van der Waals surface area contributed by atoms with Crippen LogP contribution in [0.15, 0.2) is 6.07 Å². The molecule has 0 unspecified atom stereocenters. The Morgan fingerprint density at radius 3 is 2.70 bits per heavy atom. The van der Waals surface area contributed by atoms with Gasteiger partial charge in [0.05, 0.1) is 6.54 Å². The van der Waals surface area contributed by atoms with E-state index in [2.05, 4.69) is 29.1 Å². The van der Waals surface area contributed by atoms with Gasteiger partial charge >= 0.3 is 0 Å². The lowest BCUT2D eigenvalue weighted by Crippen LogP contribution is -2.37. The summed E-state index contributed by atoms with van der Waals surface area (Å²) in [6, 6.07) is 1.87. The first-order chi connectivity index (χ1) is 9.49. The van der Waals surface area contributed by atoms with Crippen LogP contribution in [0.4, 0.5) is 11.6 Å². The van der Waals surface area contributed by atoms with Gasteiger partial charge in [0.25, 0.3) is 0 Å². The molecular weight excluding hydrogens is 254 g/mol. The molecule has 110 valence electrons. The van der Waals surface area contributed by atoms with Crippen molar-refractivity contribution >= 4 is 17.5 Å². The minimum absolute atomic E-state index is 0.183. The Labute approximate surface area is 119 Å². The van der Waals surface area contributed by atoms with Gasteiger partial charge in [0, 0.05) is 25.6 Å². The lowest BCUT2D eigenvalue weighted by atomic mass is 10.2. The summed E-state index contributed by atoms with van der Waals surface area (Å²) in [5.74, 6) is 2.98. The molecule has 0 atom stereocenters. The first-order valence-corrected chi connectivity index (χ1v) is 7.09. The molecule has 0 bridgehead atoms. The van der Waals surface area contributed by atoms with Gasteiger partial charge < -0.3 is 16.0 Å². The van der Waals surface area contributed by atoms with E-state index in [9.17, 15) is 4.79 Å². The van der Waals surface area contributed by atoms with E-state index < -0.39 is 0 Å². The van der Waals surface area contributed by atoms with Crippen molar-refractivity contribution in [2.24, 2.45) is 11.7 Å². The normalized spacial score (nSPS) is 14.4. The van der Waals surface area contributed by atoms with E-state index in [4.69, 9.17) is 5.73 Å². The maximum Gasteiger partial charge on any atom is 0.236 e. The number of hydrogen-bond donors (Lipinski definition) is 2. The second-order valence-corrected chi connectivity index (χ2v) is 5.73. The molecule has 1 fully saturated rings. The van der Waals surface area contributed by atoms with E-state index in [1.165, 1.54) is 0 Å². The number of primary amides is 1. The van der Waals surface area contributed by atoms with Crippen LogP contribution in [-0.2, 0) is 4.79 Å². The van der Waals surface area contributed by atoms with Crippen LogP contribution in [0.2, 0.25) is 0 Å². The highest BCUT2D eigenvalue weighted by Gasteiger charge is 2.28. The van der Waals surface area contributed by atoms with Gasteiger partial charge in [-0.05, 0) is 18.8 Å². The Morgan fingerprint density at radius 1 is 1.50 bits per heavy atom. The number of carbonyl (C=O) groups excluding carboxylic acids is 1. The Balaban J connectivity index is 2.29. The molecule has 20 heavy (non-hydrogen) atoms. The number of nitrogens with zero attached hydrogens (tertiary/aromatic N) is 3. The van der Waals surface area contributed by atoms with E-state index in [-0.39, 0.29) is 12.5 Å². The molecule has 0 saturated heterocycles. The highest BCUT2D eigenvalue weighted by molar-refractivity contribution is 5.79. The third-order valence-electron chi connectivity index (χ3n) is 3.18. The number of amides is 1. The van der Waals surface area contributed by atoms with E-state index in [1.54, 1.807) is 0 Å². The highest BCUT2D eigenvalue weighted by Crippen LogP contribution is 2.39. The zero-order valence-corrected chi connectivity index (χ0v) is 12.4. The molecule has 1 amide bonds. The number of nitrogens with two attached hydrogens (primary N) is 1. The van der Waals surface area contributed by atoms with Crippen molar-refractivity contribution in [2.75, 3.05) is 30.4 Å². The van der Waals surface area contributed by atoms with Gasteiger partial charge in [0.1, 0.15) is 17.5 Å². The Kier molecular flexibility index (Phi) is 4.42. The van der Waals surface area contributed by atoms with Crippen LogP contribution < -0.4 is 16.0 Å². The lowest BCUT2D eigenvalue weighted by Gasteiger charge is -2.25. The molecule has 0 aromatic carbocycles. The third-order valence-corrected chi connectivity index (χ3v) is 3.18. The quantitative estimate of drug-likeness (QED) is 0.785. The summed E-state index contributed by atoms with van der Waals surface area (Å²) >= 11 is 0. The maximum absolute atomic E-state index is 11.3. The standard InChI is InChI=1S/C14H23N5O/c1-9(2)7-19(8-11(15)20)13-6-12(16-3)17-14(18-13)10-4-5-10/h6,9-10H,4-5,7-8H2,1-3H3,(H2,15,20)(H,16,17,18). The van der Waals surface area contributed by atoms with Gasteiger partial charge in [0.2, 0.25) is 5.91 Å². The first-order valence-electron chi connectivity index (χ1n) is 7.09. The van der Waals surface area contributed by atoms with Crippen LogP contribution in [0.1, 0.15) is 38.4 Å². The average molecular weight is 277 g/mol. The number of hydrogen-bond acceptors (Lipinski definition) is 5. The van der Waals surface area contributed by atoms with Crippen LogP contribution in [0.5, 0.6) is 0 Å². The van der Waals surface area contributed by atoms with Crippen molar-refractivity contribution in [2.45, 2.75) is 32.6 Å². The molecular formula is C14H23N5O. The molecule has 6 heteroatoms.